The van der Waals surface area contributed by atoms with Crippen LogP contribution in [-0.4, -0.2) is 52.8 Å². The number of thiazole rings is 1. The predicted molar refractivity (Wildman–Crippen MR) is 110 cm³/mol. The molecule has 28 heavy (non-hydrogen) atoms. The second-order valence-electron chi connectivity index (χ2n) is 6.40. The number of hydrogen-bond acceptors (Lipinski definition) is 5. The van der Waals surface area contributed by atoms with Gasteiger partial charge in [0.05, 0.1) is 4.70 Å². The van der Waals surface area contributed by atoms with Gasteiger partial charge in [-0.3, -0.25) is 14.4 Å². The number of carbonyl (C=O) groups excluding carboxylic acids is 1. The molecule has 6 nitrogen and oxygen atoms in total. The molecule has 0 saturated heterocycles. The first-order valence-electron chi connectivity index (χ1n) is 8.64. The second kappa shape index (κ2) is 9.40. The summed E-state index contributed by atoms with van der Waals surface area (Å²) in [5.41, 5.74) is 0.369. The van der Waals surface area contributed by atoms with Crippen molar-refractivity contribution in [3.8, 4) is 0 Å². The molecular weight excluding hydrogens is 408 g/mol. The van der Waals surface area contributed by atoms with Gasteiger partial charge in [-0.1, -0.05) is 11.3 Å². The van der Waals surface area contributed by atoms with E-state index in [4.69, 9.17) is 0 Å². The summed E-state index contributed by atoms with van der Waals surface area (Å²) >= 11 is 1.09. The van der Waals surface area contributed by atoms with E-state index in [2.05, 4.69) is 10.1 Å². The number of halogens is 3. The average molecular weight is 430 g/mol. The summed E-state index contributed by atoms with van der Waals surface area (Å²) in [5, 5.41) is 4.60. The lowest BCUT2D eigenvalue weighted by Gasteiger charge is -2.20. The van der Waals surface area contributed by atoms with Gasteiger partial charge in [0.1, 0.15) is 11.3 Å². The second-order valence-corrected chi connectivity index (χ2v) is 7.41. The minimum absolute atomic E-state index is 0. The first kappa shape index (κ1) is 22.2. The summed E-state index contributed by atoms with van der Waals surface area (Å²) in [5.74, 6) is -1.70. The molecule has 2 aromatic heterocycles. The van der Waals surface area contributed by atoms with Crippen LogP contribution in [0.5, 0.6) is 0 Å². The van der Waals surface area contributed by atoms with Crippen LogP contribution >= 0.6 is 23.7 Å². The third-order valence-electron chi connectivity index (χ3n) is 4.05. The van der Waals surface area contributed by atoms with Gasteiger partial charge in [0.2, 0.25) is 0 Å². The summed E-state index contributed by atoms with van der Waals surface area (Å²) in [6.07, 6.45) is 2.44. The van der Waals surface area contributed by atoms with Crippen LogP contribution in [0.25, 0.3) is 10.2 Å². The normalized spacial score (nSPS) is 11.1. The summed E-state index contributed by atoms with van der Waals surface area (Å²) in [4.78, 5) is 20.8. The highest BCUT2D eigenvalue weighted by molar-refractivity contribution is 7.22. The number of rotatable bonds is 7. The quantitative estimate of drug-likeness (QED) is 0.573. The molecule has 0 radical (unpaired) electrons. The number of amides is 1. The molecule has 3 rings (SSSR count). The summed E-state index contributed by atoms with van der Waals surface area (Å²) in [7, 11) is 3.90. The zero-order chi connectivity index (χ0) is 19.6. The molecule has 0 N–H and O–H groups in total. The minimum Gasteiger partial charge on any atom is -0.309 e. The molecule has 0 aliphatic carbocycles. The van der Waals surface area contributed by atoms with Crippen molar-refractivity contribution in [2.45, 2.75) is 19.9 Å². The lowest BCUT2D eigenvalue weighted by Crippen LogP contribution is -2.33. The summed E-state index contributed by atoms with van der Waals surface area (Å²) < 4.78 is 29.6. The number of aryl methyl sites for hydroxylation is 1. The van der Waals surface area contributed by atoms with E-state index in [-0.39, 0.29) is 23.8 Å². The highest BCUT2D eigenvalue weighted by Gasteiger charge is 2.24. The van der Waals surface area contributed by atoms with Crippen molar-refractivity contribution in [3.63, 3.8) is 0 Å². The van der Waals surface area contributed by atoms with E-state index in [1.54, 1.807) is 16.9 Å². The third-order valence-corrected chi connectivity index (χ3v) is 5.07. The zero-order valence-corrected chi connectivity index (χ0v) is 17.5. The van der Waals surface area contributed by atoms with Crippen LogP contribution in [0.15, 0.2) is 24.4 Å². The number of fused-ring (bicyclic) bond motifs is 1. The standard InChI is InChI=1S/C18H21F2N5OS.ClH/c1-4-24-9-6-14(22-24)17(26)25(8-5-7-23(2)3)18-21-16-13(20)10-12(19)11-15(16)27-18;/h6,9-11H,4-5,7-8H2,1-3H3;1H. The Morgan fingerprint density at radius 2 is 2.00 bits per heavy atom. The molecule has 0 aliphatic heterocycles. The molecule has 0 aliphatic rings. The van der Waals surface area contributed by atoms with Crippen LogP contribution in [-0.2, 0) is 6.54 Å². The van der Waals surface area contributed by atoms with Gasteiger partial charge >= 0.3 is 0 Å². The Morgan fingerprint density at radius 1 is 1.25 bits per heavy atom. The van der Waals surface area contributed by atoms with Crippen molar-refractivity contribution in [2.24, 2.45) is 0 Å². The number of aromatic nitrogens is 3. The van der Waals surface area contributed by atoms with E-state index >= 15 is 0 Å². The Bertz CT molecular complexity index is 959. The number of anilines is 1. The molecule has 0 bridgehead atoms. The Labute approximate surface area is 172 Å². The first-order chi connectivity index (χ1) is 12.9. The van der Waals surface area contributed by atoms with Crippen LogP contribution in [0.2, 0.25) is 0 Å². The fourth-order valence-electron chi connectivity index (χ4n) is 2.68. The average Bonchev–Trinajstić information content (AvgIpc) is 3.24. The molecule has 0 atom stereocenters. The van der Waals surface area contributed by atoms with Crippen molar-refractivity contribution >= 4 is 45.0 Å². The molecule has 0 saturated carbocycles. The Morgan fingerprint density at radius 3 is 2.64 bits per heavy atom. The fraction of sp³-hybridized carbons (Fsp3) is 0.389. The number of hydrogen-bond donors (Lipinski definition) is 0. The molecule has 1 amide bonds. The molecule has 2 heterocycles. The van der Waals surface area contributed by atoms with E-state index in [0.29, 0.717) is 35.0 Å². The van der Waals surface area contributed by atoms with Crippen molar-refractivity contribution in [2.75, 3.05) is 32.1 Å². The monoisotopic (exact) mass is 429 g/mol. The lowest BCUT2D eigenvalue weighted by molar-refractivity contribution is 0.0980. The molecule has 3 aromatic rings. The molecule has 0 fully saturated rings. The van der Waals surface area contributed by atoms with Crippen molar-refractivity contribution < 1.29 is 13.6 Å². The highest BCUT2D eigenvalue weighted by Crippen LogP contribution is 2.32. The highest BCUT2D eigenvalue weighted by atomic mass is 35.5. The summed E-state index contributed by atoms with van der Waals surface area (Å²) in [6, 6.07) is 3.68. The Balaban J connectivity index is 0.00000280. The van der Waals surface area contributed by atoms with Gasteiger partial charge in [0.25, 0.3) is 5.91 Å². The Hall–Kier alpha value is -2.10. The molecular formula is C18H22ClF2N5OS. The van der Waals surface area contributed by atoms with Gasteiger partial charge in [0, 0.05) is 25.4 Å². The van der Waals surface area contributed by atoms with E-state index < -0.39 is 11.6 Å². The van der Waals surface area contributed by atoms with E-state index in [9.17, 15) is 13.6 Å². The van der Waals surface area contributed by atoms with E-state index in [1.807, 2.05) is 25.9 Å². The number of nitrogens with zero attached hydrogens (tertiary/aromatic N) is 5. The molecule has 152 valence electrons. The molecule has 0 spiro atoms. The zero-order valence-electron chi connectivity index (χ0n) is 15.9. The van der Waals surface area contributed by atoms with Crippen molar-refractivity contribution in [1.82, 2.24) is 19.7 Å². The van der Waals surface area contributed by atoms with Gasteiger partial charge in [-0.05, 0) is 46.1 Å². The molecule has 0 unspecified atom stereocenters. The van der Waals surface area contributed by atoms with Gasteiger partial charge in [-0.15, -0.1) is 12.4 Å². The Kier molecular flexibility index (Phi) is 7.45. The minimum atomic E-state index is -0.733. The smallest absolute Gasteiger partial charge is 0.280 e. The van der Waals surface area contributed by atoms with Gasteiger partial charge < -0.3 is 4.90 Å². The van der Waals surface area contributed by atoms with Crippen LogP contribution < -0.4 is 4.90 Å². The van der Waals surface area contributed by atoms with Crippen LogP contribution in [0.1, 0.15) is 23.8 Å². The molecule has 1 aromatic carbocycles. The SMILES string of the molecule is CCn1ccc(C(=O)N(CCCN(C)C)c2nc3c(F)cc(F)cc3s2)n1.Cl. The van der Waals surface area contributed by atoms with Gasteiger partial charge in [-0.25, -0.2) is 13.8 Å². The van der Waals surface area contributed by atoms with E-state index in [0.717, 1.165) is 23.9 Å². The van der Waals surface area contributed by atoms with Gasteiger partial charge in [0.15, 0.2) is 16.6 Å². The number of benzene rings is 1. The maximum absolute atomic E-state index is 14.0. The van der Waals surface area contributed by atoms with Crippen LogP contribution in [0, 0.1) is 11.6 Å². The fourth-order valence-corrected chi connectivity index (χ4v) is 3.71. The topological polar surface area (TPSA) is 54.3 Å². The third kappa shape index (κ3) is 4.84. The van der Waals surface area contributed by atoms with Crippen molar-refractivity contribution in [1.29, 1.82) is 0 Å². The van der Waals surface area contributed by atoms with Gasteiger partial charge in [-0.2, -0.15) is 5.10 Å². The summed E-state index contributed by atoms with van der Waals surface area (Å²) in [6.45, 7) is 3.77. The molecule has 10 heteroatoms. The number of carbonyl (C=O) groups is 1. The van der Waals surface area contributed by atoms with Crippen LogP contribution in [0.4, 0.5) is 13.9 Å². The first-order valence-corrected chi connectivity index (χ1v) is 9.46. The van der Waals surface area contributed by atoms with Crippen molar-refractivity contribution in [3.05, 3.63) is 41.7 Å². The van der Waals surface area contributed by atoms with Crippen LogP contribution in [0.3, 0.4) is 0 Å². The maximum Gasteiger partial charge on any atom is 0.280 e. The maximum atomic E-state index is 14.0. The van der Waals surface area contributed by atoms with E-state index in [1.165, 1.54) is 11.0 Å². The lowest BCUT2D eigenvalue weighted by atomic mass is 10.3. The predicted octanol–water partition coefficient (Wildman–Crippen LogP) is 3.81. The largest absolute Gasteiger partial charge is 0.309 e.